The molecule has 2 saturated heterocycles. The first-order chi connectivity index (χ1) is 19.3. The van der Waals surface area contributed by atoms with Crippen LogP contribution in [0.3, 0.4) is 0 Å². The largest absolute Gasteiger partial charge is 0.451 e. The van der Waals surface area contributed by atoms with Gasteiger partial charge in [0, 0.05) is 43.5 Å². The normalized spacial score (nSPS) is 18.1. The van der Waals surface area contributed by atoms with Gasteiger partial charge in [-0.25, -0.2) is 9.97 Å². The van der Waals surface area contributed by atoms with Crippen molar-refractivity contribution in [3.63, 3.8) is 0 Å². The molecule has 0 radical (unpaired) electrons. The van der Waals surface area contributed by atoms with E-state index in [1.165, 1.54) is 11.3 Å². The summed E-state index contributed by atoms with van der Waals surface area (Å²) in [5.41, 5.74) is 1.84. The zero-order chi connectivity index (χ0) is 28.1. The van der Waals surface area contributed by atoms with Gasteiger partial charge in [0.1, 0.15) is 5.82 Å². The van der Waals surface area contributed by atoms with Gasteiger partial charge in [0.15, 0.2) is 5.78 Å². The third-order valence-electron chi connectivity index (χ3n) is 7.25. The van der Waals surface area contributed by atoms with Crippen molar-refractivity contribution in [1.29, 1.82) is 5.26 Å². The zero-order valence-corrected chi connectivity index (χ0v) is 22.8. The fourth-order valence-electron chi connectivity index (χ4n) is 5.17. The van der Waals surface area contributed by atoms with Crippen molar-refractivity contribution >= 4 is 22.9 Å². The number of halogens is 3. The molecular weight excluding hydrogens is 539 g/mol. The number of hydrogen-bond acceptors (Lipinski definition) is 8. The monoisotopic (exact) mass is 569 g/mol. The predicted molar refractivity (Wildman–Crippen MR) is 146 cm³/mol. The van der Waals surface area contributed by atoms with Crippen molar-refractivity contribution in [2.24, 2.45) is 0 Å². The van der Waals surface area contributed by atoms with Crippen LogP contribution in [-0.2, 0) is 28.7 Å². The number of benzene rings is 1. The third-order valence-corrected chi connectivity index (χ3v) is 8.35. The van der Waals surface area contributed by atoms with Crippen molar-refractivity contribution in [2.75, 3.05) is 37.7 Å². The number of nitriles is 1. The molecule has 11 heteroatoms. The first-order valence-corrected chi connectivity index (χ1v) is 14.3. The molecule has 3 aromatic rings. The Morgan fingerprint density at radius 3 is 2.60 bits per heavy atom. The van der Waals surface area contributed by atoms with E-state index in [0.717, 1.165) is 23.5 Å². The lowest BCUT2D eigenvalue weighted by Gasteiger charge is -2.26. The number of Topliss-reactive ketones (excluding diaryl/α,β-unsaturated/α-hetero) is 1. The fourth-order valence-corrected chi connectivity index (χ4v) is 6.18. The number of rotatable bonds is 9. The van der Waals surface area contributed by atoms with Crippen LogP contribution in [0.2, 0.25) is 0 Å². The van der Waals surface area contributed by atoms with Gasteiger partial charge in [-0.15, -0.1) is 11.3 Å². The van der Waals surface area contributed by atoms with Gasteiger partial charge in [-0.3, -0.25) is 9.69 Å². The van der Waals surface area contributed by atoms with Gasteiger partial charge in [-0.2, -0.15) is 18.4 Å². The highest BCUT2D eigenvalue weighted by atomic mass is 32.1. The van der Waals surface area contributed by atoms with E-state index >= 15 is 0 Å². The van der Waals surface area contributed by atoms with Gasteiger partial charge in [0.05, 0.1) is 41.5 Å². The van der Waals surface area contributed by atoms with Crippen molar-refractivity contribution in [1.82, 2.24) is 14.9 Å². The smallest absolute Gasteiger partial charge is 0.379 e. The Morgan fingerprint density at radius 1 is 1.10 bits per heavy atom. The number of thiophene rings is 1. The summed E-state index contributed by atoms with van der Waals surface area (Å²) < 4.78 is 47.0. The number of aromatic nitrogens is 2. The van der Waals surface area contributed by atoms with Gasteiger partial charge >= 0.3 is 6.18 Å². The summed E-state index contributed by atoms with van der Waals surface area (Å²) in [6.45, 7) is 4.17. The number of ether oxygens (including phenoxy) is 1. The molecule has 2 aromatic heterocycles. The molecule has 0 aliphatic carbocycles. The number of morpholine rings is 1. The van der Waals surface area contributed by atoms with E-state index in [1.807, 2.05) is 24.3 Å². The van der Waals surface area contributed by atoms with E-state index in [-0.39, 0.29) is 17.3 Å². The first kappa shape index (κ1) is 28.2. The average Bonchev–Trinajstić information content (AvgIpc) is 3.64. The Hall–Kier alpha value is -3.33. The number of ketones is 1. The Kier molecular flexibility index (Phi) is 8.78. The summed E-state index contributed by atoms with van der Waals surface area (Å²) in [5.74, 6) is -1.05. The maximum Gasteiger partial charge on any atom is 0.451 e. The summed E-state index contributed by atoms with van der Waals surface area (Å²) >= 11 is 1.43. The van der Waals surface area contributed by atoms with Gasteiger partial charge in [0.2, 0.25) is 5.82 Å². The molecule has 1 aromatic carbocycles. The van der Waals surface area contributed by atoms with Crippen LogP contribution in [0.25, 0.3) is 10.6 Å². The van der Waals surface area contributed by atoms with Gasteiger partial charge in [0.25, 0.3) is 0 Å². The maximum absolute atomic E-state index is 13.9. The van der Waals surface area contributed by atoms with E-state index in [2.05, 4.69) is 20.9 Å². The highest BCUT2D eigenvalue weighted by molar-refractivity contribution is 7.15. The molecule has 0 spiro atoms. The van der Waals surface area contributed by atoms with E-state index in [4.69, 9.17) is 10.00 Å². The number of anilines is 1. The summed E-state index contributed by atoms with van der Waals surface area (Å²) in [4.78, 5) is 26.6. The second-order valence-corrected chi connectivity index (χ2v) is 11.2. The van der Waals surface area contributed by atoms with Crippen LogP contribution in [0.5, 0.6) is 0 Å². The van der Waals surface area contributed by atoms with Crippen LogP contribution in [-0.4, -0.2) is 59.5 Å². The zero-order valence-electron chi connectivity index (χ0n) is 22.0. The molecule has 7 nitrogen and oxygen atoms in total. The molecule has 4 heterocycles. The summed E-state index contributed by atoms with van der Waals surface area (Å²) in [5, 5.41) is 8.95. The summed E-state index contributed by atoms with van der Waals surface area (Å²) in [7, 11) is 0. The Morgan fingerprint density at radius 2 is 1.88 bits per heavy atom. The number of carbonyl (C=O) groups excluding carboxylic acids is 1. The Balaban J connectivity index is 1.31. The SMILES string of the molecule is N#Cc1ccc(CCCC(=O)[C@@H]2CCCN2c2cc(-c3ccc(CN4CCOCC4)s3)nc(C(F)(F)F)n2)cc1. The summed E-state index contributed by atoms with van der Waals surface area (Å²) in [6.07, 6.45) is -1.79. The molecule has 0 saturated carbocycles. The molecule has 40 heavy (non-hydrogen) atoms. The van der Waals surface area contributed by atoms with Crippen molar-refractivity contribution in [3.8, 4) is 16.6 Å². The van der Waals surface area contributed by atoms with Crippen molar-refractivity contribution in [3.05, 3.63) is 64.3 Å². The maximum atomic E-state index is 13.9. The van der Waals surface area contributed by atoms with E-state index in [0.29, 0.717) is 68.8 Å². The van der Waals surface area contributed by atoms with E-state index < -0.39 is 18.0 Å². The number of nitrogens with zero attached hydrogens (tertiary/aromatic N) is 5. The molecule has 2 aliphatic rings. The minimum Gasteiger partial charge on any atom is -0.379 e. The predicted octanol–water partition coefficient (Wildman–Crippen LogP) is 5.49. The molecule has 210 valence electrons. The molecule has 0 unspecified atom stereocenters. The molecule has 0 amide bonds. The fraction of sp³-hybridized carbons (Fsp3) is 0.448. The lowest BCUT2D eigenvalue weighted by atomic mass is 10.0. The van der Waals surface area contributed by atoms with Crippen LogP contribution >= 0.6 is 11.3 Å². The number of aryl methyl sites for hydroxylation is 1. The molecule has 2 fully saturated rings. The number of carbonyl (C=O) groups is 1. The Labute approximate surface area is 235 Å². The number of hydrogen-bond donors (Lipinski definition) is 0. The van der Waals surface area contributed by atoms with E-state index in [9.17, 15) is 18.0 Å². The summed E-state index contributed by atoms with van der Waals surface area (Å²) in [6, 6.07) is 14.2. The van der Waals surface area contributed by atoms with Gasteiger partial charge in [-0.05, 0) is 55.5 Å². The minimum atomic E-state index is -4.71. The second kappa shape index (κ2) is 12.5. The number of alkyl halides is 3. The van der Waals surface area contributed by atoms with Crippen LogP contribution in [0.4, 0.5) is 19.0 Å². The van der Waals surface area contributed by atoms with Crippen molar-refractivity contribution < 1.29 is 22.7 Å². The van der Waals surface area contributed by atoms with Crippen LogP contribution < -0.4 is 4.90 Å². The van der Waals surface area contributed by atoms with E-state index in [1.54, 1.807) is 23.1 Å². The van der Waals surface area contributed by atoms with Crippen LogP contribution in [0.1, 0.15) is 47.5 Å². The van der Waals surface area contributed by atoms with Crippen molar-refractivity contribution in [2.45, 2.75) is 50.9 Å². The third kappa shape index (κ3) is 6.86. The molecular formula is C29H30F3N5O2S. The standard InChI is InChI=1S/C29H30F3N5O2S/c30-29(31,32)28-34-23(26-11-10-22(40-26)19-36-13-15-39-16-14-36)17-27(35-28)37-12-2-4-24(37)25(38)5-1-3-20-6-8-21(18-33)9-7-20/h6-11,17,24H,1-5,12-16,19H2/t24-/m0/s1. The average molecular weight is 570 g/mol. The quantitative estimate of drug-likeness (QED) is 0.337. The lowest BCUT2D eigenvalue weighted by molar-refractivity contribution is -0.144. The topological polar surface area (TPSA) is 82.4 Å². The first-order valence-electron chi connectivity index (χ1n) is 13.4. The molecule has 5 rings (SSSR count). The highest BCUT2D eigenvalue weighted by Crippen LogP contribution is 2.36. The lowest BCUT2D eigenvalue weighted by Crippen LogP contribution is -2.37. The van der Waals surface area contributed by atoms with Gasteiger partial charge < -0.3 is 9.64 Å². The highest BCUT2D eigenvalue weighted by Gasteiger charge is 2.38. The molecule has 1 atom stereocenters. The minimum absolute atomic E-state index is 0.00351. The molecule has 0 bridgehead atoms. The molecule has 0 N–H and O–H groups in total. The molecule has 2 aliphatic heterocycles. The second-order valence-electron chi connectivity index (χ2n) is 10.1. The van der Waals surface area contributed by atoms with Crippen LogP contribution in [0, 0.1) is 11.3 Å². The Bertz CT molecular complexity index is 1360. The van der Waals surface area contributed by atoms with Gasteiger partial charge in [-0.1, -0.05) is 12.1 Å². The van der Waals surface area contributed by atoms with Crippen LogP contribution in [0.15, 0.2) is 42.5 Å².